The lowest BCUT2D eigenvalue weighted by atomic mass is 9.66. The van der Waals surface area contributed by atoms with Crippen molar-refractivity contribution >= 4 is 20.1 Å². The summed E-state index contributed by atoms with van der Waals surface area (Å²) in [5, 5.41) is 0.120. The molecule has 1 spiro atoms. The second-order valence-corrected chi connectivity index (χ2v) is 14.9. The molecule has 2 bridgehead atoms. The molecule has 2 heterocycles. The zero-order valence-corrected chi connectivity index (χ0v) is 18.8. The number of esters is 1. The lowest BCUT2D eigenvalue weighted by Gasteiger charge is -2.47. The van der Waals surface area contributed by atoms with Crippen molar-refractivity contribution in [2.75, 3.05) is 6.61 Å². The minimum atomic E-state index is -1.92. The predicted octanol–water partition coefficient (Wildman–Crippen LogP) is 4.02. The first-order valence-corrected chi connectivity index (χ1v) is 13.0. The van der Waals surface area contributed by atoms with Gasteiger partial charge in [0.25, 0.3) is 0 Å². The molecule has 5 nitrogen and oxygen atoms in total. The van der Waals surface area contributed by atoms with Gasteiger partial charge in [-0.25, -0.2) is 0 Å². The van der Waals surface area contributed by atoms with Gasteiger partial charge in [-0.05, 0) is 55.5 Å². The van der Waals surface area contributed by atoms with Gasteiger partial charge in [0.05, 0.1) is 6.61 Å². The maximum Gasteiger partial charge on any atom is 0.302 e. The van der Waals surface area contributed by atoms with Crippen LogP contribution in [0, 0.1) is 11.8 Å². The summed E-state index contributed by atoms with van der Waals surface area (Å²) in [6, 6.07) is 0. The number of carbonyl (C=O) groups is 2. The van der Waals surface area contributed by atoms with Gasteiger partial charge in [0, 0.05) is 12.8 Å². The molecule has 0 aromatic rings. The van der Waals surface area contributed by atoms with Crippen molar-refractivity contribution in [2.24, 2.45) is 11.8 Å². The van der Waals surface area contributed by atoms with Crippen LogP contribution in [-0.2, 0) is 23.5 Å². The van der Waals surface area contributed by atoms with Crippen LogP contribution in [0.5, 0.6) is 0 Å². The highest BCUT2D eigenvalue weighted by atomic mass is 28.4. The number of fused-ring (bicyclic) bond motifs is 1. The van der Waals surface area contributed by atoms with Gasteiger partial charge in [-0.15, -0.1) is 0 Å². The molecule has 3 rings (SSSR count). The number of rotatable bonds is 4. The zero-order valence-electron chi connectivity index (χ0n) is 17.8. The molecule has 27 heavy (non-hydrogen) atoms. The van der Waals surface area contributed by atoms with E-state index in [1.807, 2.05) is 13.0 Å². The fraction of sp³-hybridized carbons (Fsp3) is 0.810. The van der Waals surface area contributed by atoms with Crippen molar-refractivity contribution in [2.45, 2.75) is 89.3 Å². The fourth-order valence-corrected chi connectivity index (χ4v) is 5.71. The Labute approximate surface area is 163 Å². The van der Waals surface area contributed by atoms with E-state index in [4.69, 9.17) is 13.9 Å². The molecule has 0 unspecified atom stereocenters. The van der Waals surface area contributed by atoms with Crippen molar-refractivity contribution in [3.63, 3.8) is 0 Å². The Morgan fingerprint density at radius 2 is 2.00 bits per heavy atom. The molecule has 0 aromatic heterocycles. The minimum Gasteiger partial charge on any atom is -0.462 e. The summed E-state index contributed by atoms with van der Waals surface area (Å²) >= 11 is 0. The highest BCUT2D eigenvalue weighted by Gasteiger charge is 2.66. The summed E-state index contributed by atoms with van der Waals surface area (Å²) in [5.41, 5.74) is -1.43. The molecule has 152 valence electrons. The standard InChI is InChI=1S/C21H34O5Si/c1-14-17(25-15(2)22)9-8-16-12-20(11-10-18(23)21(14,16)26-20)13-24-27(6,7)19(3,4)5/h10-11,14,16-17H,8-9,12-13H2,1-7H3/t14-,16-,17+,20-,21-/m1/s1. The third kappa shape index (κ3) is 3.34. The van der Waals surface area contributed by atoms with Crippen LogP contribution in [0.4, 0.5) is 0 Å². The third-order valence-corrected chi connectivity index (χ3v) is 11.8. The van der Waals surface area contributed by atoms with E-state index in [9.17, 15) is 9.59 Å². The molecule has 5 atom stereocenters. The first kappa shape index (κ1) is 20.7. The Morgan fingerprint density at radius 1 is 1.33 bits per heavy atom. The van der Waals surface area contributed by atoms with E-state index in [1.165, 1.54) is 6.92 Å². The van der Waals surface area contributed by atoms with Gasteiger partial charge >= 0.3 is 5.97 Å². The Balaban J connectivity index is 1.85. The van der Waals surface area contributed by atoms with Gasteiger partial charge in [0.2, 0.25) is 0 Å². The SMILES string of the molecule is CC(=O)O[C@H]1CC[C@@H]2C[C@@]3(CO[Si](C)(C)C(C)(C)C)C=CC(=O)[C@@]2(O3)[C@@H]1C. The summed E-state index contributed by atoms with van der Waals surface area (Å²) in [6.07, 6.45) is 5.73. The zero-order chi connectivity index (χ0) is 20.3. The maximum absolute atomic E-state index is 13.0. The topological polar surface area (TPSA) is 61.8 Å². The second kappa shape index (κ2) is 6.53. The van der Waals surface area contributed by atoms with Crippen LogP contribution in [-0.4, -0.2) is 44.0 Å². The van der Waals surface area contributed by atoms with Crippen LogP contribution >= 0.6 is 0 Å². The smallest absolute Gasteiger partial charge is 0.302 e. The van der Waals surface area contributed by atoms with E-state index in [0.29, 0.717) is 6.61 Å². The van der Waals surface area contributed by atoms with Crippen molar-refractivity contribution in [3.8, 4) is 0 Å². The number of hydrogen-bond donors (Lipinski definition) is 0. The fourth-order valence-electron chi connectivity index (χ4n) is 4.67. The summed E-state index contributed by atoms with van der Waals surface area (Å²) in [6.45, 7) is 15.0. The Hall–Kier alpha value is -0.983. The van der Waals surface area contributed by atoms with Gasteiger partial charge in [-0.2, -0.15) is 0 Å². The van der Waals surface area contributed by atoms with Gasteiger partial charge in [0.1, 0.15) is 17.3 Å². The second-order valence-electron chi connectivity index (χ2n) is 10.1. The largest absolute Gasteiger partial charge is 0.462 e. The molecule has 2 fully saturated rings. The monoisotopic (exact) mass is 394 g/mol. The first-order valence-electron chi connectivity index (χ1n) is 10.1. The quantitative estimate of drug-likeness (QED) is 0.532. The molecule has 0 N–H and O–H groups in total. The van der Waals surface area contributed by atoms with Crippen molar-refractivity contribution in [1.29, 1.82) is 0 Å². The molecule has 0 aromatic carbocycles. The predicted molar refractivity (Wildman–Crippen MR) is 106 cm³/mol. The third-order valence-electron chi connectivity index (χ3n) is 7.33. The number of carbonyl (C=O) groups excluding carboxylic acids is 2. The average Bonchev–Trinajstić information content (AvgIpc) is 2.84. The highest BCUT2D eigenvalue weighted by Crippen LogP contribution is 2.56. The lowest BCUT2D eigenvalue weighted by molar-refractivity contribution is -0.191. The van der Waals surface area contributed by atoms with Gasteiger partial charge in [-0.3, -0.25) is 9.59 Å². The summed E-state index contributed by atoms with van der Waals surface area (Å²) in [7, 11) is -1.92. The number of ether oxygens (including phenoxy) is 2. The van der Waals surface area contributed by atoms with E-state index in [0.717, 1.165) is 19.3 Å². The Kier molecular flexibility index (Phi) is 5.02. The van der Waals surface area contributed by atoms with E-state index < -0.39 is 19.5 Å². The Morgan fingerprint density at radius 3 is 2.59 bits per heavy atom. The molecular weight excluding hydrogens is 360 g/mol. The maximum atomic E-state index is 13.0. The van der Waals surface area contributed by atoms with Crippen LogP contribution in [0.25, 0.3) is 0 Å². The molecule has 1 saturated heterocycles. The molecule has 6 heteroatoms. The van der Waals surface area contributed by atoms with Crippen LogP contribution in [0.15, 0.2) is 12.2 Å². The highest BCUT2D eigenvalue weighted by molar-refractivity contribution is 6.74. The van der Waals surface area contributed by atoms with E-state index in [1.54, 1.807) is 6.08 Å². The first-order chi connectivity index (χ1) is 12.3. The summed E-state index contributed by atoms with van der Waals surface area (Å²) in [4.78, 5) is 24.5. The van der Waals surface area contributed by atoms with Crippen molar-refractivity contribution < 1.29 is 23.5 Å². The molecule has 3 aliphatic rings. The lowest BCUT2D eigenvalue weighted by Crippen LogP contribution is -2.59. The van der Waals surface area contributed by atoms with Crippen molar-refractivity contribution in [1.82, 2.24) is 0 Å². The Bertz CT molecular complexity index is 664. The van der Waals surface area contributed by atoms with Crippen LogP contribution in [0.3, 0.4) is 0 Å². The number of ketones is 1. The molecule has 0 amide bonds. The summed E-state index contributed by atoms with van der Waals surface area (Å²) < 4.78 is 18.6. The van der Waals surface area contributed by atoms with E-state index in [2.05, 4.69) is 33.9 Å². The summed E-state index contributed by atoms with van der Waals surface area (Å²) in [5.74, 6) is -0.305. The molecular formula is C21H34O5Si. The average molecular weight is 395 g/mol. The van der Waals surface area contributed by atoms with E-state index >= 15 is 0 Å². The normalized spacial score (nSPS) is 38.6. The van der Waals surface area contributed by atoms with Gasteiger partial charge in [0.15, 0.2) is 14.1 Å². The van der Waals surface area contributed by atoms with Crippen molar-refractivity contribution in [3.05, 3.63) is 12.2 Å². The van der Waals surface area contributed by atoms with Gasteiger partial charge < -0.3 is 13.9 Å². The molecule has 1 aliphatic carbocycles. The molecule has 2 aliphatic heterocycles. The van der Waals surface area contributed by atoms with Crippen LogP contribution in [0.1, 0.15) is 53.9 Å². The number of hydrogen-bond acceptors (Lipinski definition) is 5. The minimum absolute atomic E-state index is 0.0114. The molecule has 0 radical (unpaired) electrons. The van der Waals surface area contributed by atoms with Gasteiger partial charge in [-0.1, -0.05) is 27.7 Å². The van der Waals surface area contributed by atoms with E-state index in [-0.39, 0.29) is 34.7 Å². The molecule has 1 saturated carbocycles. The van der Waals surface area contributed by atoms with Crippen LogP contribution < -0.4 is 0 Å². The van der Waals surface area contributed by atoms with Crippen LogP contribution in [0.2, 0.25) is 18.1 Å².